The standard InChI is InChI=1S/C15H25N3/c1-12-9-13(2)11-14(10-12)7-8-16-15(17(3)4)18(5)6/h9-11H,7-8H2,1-6H3. The zero-order valence-corrected chi connectivity index (χ0v) is 12.5. The second kappa shape index (κ2) is 6.43. The molecule has 0 amide bonds. The van der Waals surface area contributed by atoms with Crippen molar-refractivity contribution in [1.82, 2.24) is 9.80 Å². The number of aryl methyl sites for hydroxylation is 2. The molecule has 0 radical (unpaired) electrons. The summed E-state index contributed by atoms with van der Waals surface area (Å²) in [5, 5.41) is 0. The Morgan fingerprint density at radius 1 is 0.944 bits per heavy atom. The second-order valence-electron chi connectivity index (χ2n) is 5.22. The predicted molar refractivity (Wildman–Crippen MR) is 79.3 cm³/mol. The highest BCUT2D eigenvalue weighted by Crippen LogP contribution is 2.09. The molecule has 3 heteroatoms. The van der Waals surface area contributed by atoms with Gasteiger partial charge in [-0.25, -0.2) is 0 Å². The van der Waals surface area contributed by atoms with E-state index >= 15 is 0 Å². The van der Waals surface area contributed by atoms with E-state index in [1.165, 1.54) is 16.7 Å². The smallest absolute Gasteiger partial charge is 0.195 e. The van der Waals surface area contributed by atoms with E-state index in [2.05, 4.69) is 37.0 Å². The molecule has 0 aromatic heterocycles. The fraction of sp³-hybridized carbons (Fsp3) is 0.533. The van der Waals surface area contributed by atoms with Crippen LogP contribution in [0.1, 0.15) is 16.7 Å². The van der Waals surface area contributed by atoms with Crippen molar-refractivity contribution < 1.29 is 0 Å². The average Bonchev–Trinajstić information content (AvgIpc) is 2.21. The average molecular weight is 247 g/mol. The van der Waals surface area contributed by atoms with Crippen LogP contribution in [-0.4, -0.2) is 50.5 Å². The Balaban J connectivity index is 2.67. The Morgan fingerprint density at radius 2 is 1.44 bits per heavy atom. The highest BCUT2D eigenvalue weighted by Gasteiger charge is 2.03. The minimum atomic E-state index is 0.828. The summed E-state index contributed by atoms with van der Waals surface area (Å²) in [5.41, 5.74) is 4.02. The molecule has 0 spiro atoms. The van der Waals surface area contributed by atoms with Crippen LogP contribution < -0.4 is 0 Å². The van der Waals surface area contributed by atoms with E-state index in [4.69, 9.17) is 0 Å². The van der Waals surface area contributed by atoms with Gasteiger partial charge < -0.3 is 9.80 Å². The van der Waals surface area contributed by atoms with Crippen molar-refractivity contribution >= 4 is 5.96 Å². The number of hydrogen-bond donors (Lipinski definition) is 0. The van der Waals surface area contributed by atoms with Gasteiger partial charge >= 0.3 is 0 Å². The Bertz CT molecular complexity index is 389. The molecule has 1 aromatic carbocycles. The van der Waals surface area contributed by atoms with Crippen LogP contribution in [-0.2, 0) is 6.42 Å². The van der Waals surface area contributed by atoms with Crippen molar-refractivity contribution in [2.24, 2.45) is 4.99 Å². The molecule has 1 aromatic rings. The van der Waals surface area contributed by atoms with Gasteiger partial charge in [-0.2, -0.15) is 0 Å². The number of guanidine groups is 1. The maximum absolute atomic E-state index is 4.65. The third kappa shape index (κ3) is 4.40. The molecule has 100 valence electrons. The Morgan fingerprint density at radius 3 is 1.89 bits per heavy atom. The lowest BCUT2D eigenvalue weighted by atomic mass is 10.1. The first-order valence-corrected chi connectivity index (χ1v) is 6.36. The van der Waals surface area contributed by atoms with Crippen LogP contribution in [0, 0.1) is 13.8 Å². The van der Waals surface area contributed by atoms with Crippen LogP contribution in [0.25, 0.3) is 0 Å². The normalized spacial score (nSPS) is 10.1. The summed E-state index contributed by atoms with van der Waals surface area (Å²) >= 11 is 0. The summed E-state index contributed by atoms with van der Waals surface area (Å²) < 4.78 is 0. The summed E-state index contributed by atoms with van der Waals surface area (Å²) in [6, 6.07) is 6.69. The first kappa shape index (κ1) is 14.6. The van der Waals surface area contributed by atoms with E-state index in [1.54, 1.807) is 0 Å². The monoisotopic (exact) mass is 247 g/mol. The molecule has 0 saturated heterocycles. The Labute approximate surface area is 111 Å². The van der Waals surface area contributed by atoms with Crippen molar-refractivity contribution in [3.8, 4) is 0 Å². The lowest BCUT2D eigenvalue weighted by Crippen LogP contribution is -2.35. The third-order valence-electron chi connectivity index (χ3n) is 2.74. The number of aliphatic imine (C=N–C) groups is 1. The molecule has 3 nitrogen and oxygen atoms in total. The topological polar surface area (TPSA) is 18.8 Å². The number of benzene rings is 1. The van der Waals surface area contributed by atoms with Gasteiger partial charge in [-0.1, -0.05) is 29.3 Å². The summed E-state index contributed by atoms with van der Waals surface area (Å²) in [4.78, 5) is 8.73. The van der Waals surface area contributed by atoms with Gasteiger partial charge in [-0.15, -0.1) is 0 Å². The molecule has 0 aliphatic rings. The fourth-order valence-electron chi connectivity index (χ4n) is 2.18. The molecule has 0 saturated carbocycles. The lowest BCUT2D eigenvalue weighted by molar-refractivity contribution is 0.479. The van der Waals surface area contributed by atoms with Crippen LogP contribution in [0.4, 0.5) is 0 Å². The van der Waals surface area contributed by atoms with Crippen LogP contribution in [0.5, 0.6) is 0 Å². The van der Waals surface area contributed by atoms with Crippen LogP contribution in [0.2, 0.25) is 0 Å². The zero-order chi connectivity index (χ0) is 13.7. The Hall–Kier alpha value is -1.51. The van der Waals surface area contributed by atoms with Crippen molar-refractivity contribution in [2.45, 2.75) is 20.3 Å². The summed E-state index contributed by atoms with van der Waals surface area (Å²) in [6.45, 7) is 5.12. The largest absolute Gasteiger partial charge is 0.349 e. The molecule has 0 N–H and O–H groups in total. The van der Waals surface area contributed by atoms with Crippen molar-refractivity contribution in [3.05, 3.63) is 34.9 Å². The van der Waals surface area contributed by atoms with E-state index in [-0.39, 0.29) is 0 Å². The third-order valence-corrected chi connectivity index (χ3v) is 2.74. The van der Waals surface area contributed by atoms with Gasteiger partial charge in [0, 0.05) is 34.7 Å². The van der Waals surface area contributed by atoms with Crippen LogP contribution in [0.3, 0.4) is 0 Å². The number of hydrogen-bond acceptors (Lipinski definition) is 1. The Kier molecular flexibility index (Phi) is 5.20. The highest BCUT2D eigenvalue weighted by atomic mass is 15.3. The van der Waals surface area contributed by atoms with E-state index in [0.717, 1.165) is 18.9 Å². The van der Waals surface area contributed by atoms with E-state index < -0.39 is 0 Å². The van der Waals surface area contributed by atoms with Gasteiger partial charge in [-0.05, 0) is 25.8 Å². The molecule has 0 aliphatic carbocycles. The number of nitrogens with zero attached hydrogens (tertiary/aromatic N) is 3. The van der Waals surface area contributed by atoms with Crippen molar-refractivity contribution in [3.63, 3.8) is 0 Å². The minimum Gasteiger partial charge on any atom is -0.349 e. The first-order valence-electron chi connectivity index (χ1n) is 6.36. The van der Waals surface area contributed by atoms with Gasteiger partial charge in [0.15, 0.2) is 5.96 Å². The van der Waals surface area contributed by atoms with Crippen molar-refractivity contribution in [1.29, 1.82) is 0 Å². The molecule has 1 rings (SSSR count). The molecule has 0 fully saturated rings. The van der Waals surface area contributed by atoms with E-state index in [0.29, 0.717) is 0 Å². The molecule has 0 unspecified atom stereocenters. The van der Waals surface area contributed by atoms with Crippen LogP contribution >= 0.6 is 0 Å². The summed E-state index contributed by atoms with van der Waals surface area (Å²) in [6.07, 6.45) is 0.994. The highest BCUT2D eigenvalue weighted by molar-refractivity contribution is 5.79. The van der Waals surface area contributed by atoms with E-state index in [9.17, 15) is 0 Å². The number of rotatable bonds is 3. The SMILES string of the molecule is Cc1cc(C)cc(CCN=C(N(C)C)N(C)C)c1. The maximum atomic E-state index is 4.65. The molecular weight excluding hydrogens is 222 g/mol. The molecule has 0 heterocycles. The second-order valence-corrected chi connectivity index (χ2v) is 5.22. The minimum absolute atomic E-state index is 0.828. The van der Waals surface area contributed by atoms with Crippen molar-refractivity contribution in [2.75, 3.05) is 34.7 Å². The fourth-order valence-corrected chi connectivity index (χ4v) is 2.18. The molecular formula is C15H25N3. The predicted octanol–water partition coefficient (Wildman–Crippen LogP) is 2.33. The molecule has 0 aliphatic heterocycles. The van der Waals surface area contributed by atoms with Gasteiger partial charge in [0.1, 0.15) is 0 Å². The molecule has 0 bridgehead atoms. The molecule has 0 atom stereocenters. The lowest BCUT2D eigenvalue weighted by Gasteiger charge is -2.22. The van der Waals surface area contributed by atoms with E-state index in [1.807, 2.05) is 38.0 Å². The van der Waals surface area contributed by atoms with Gasteiger partial charge in [-0.3, -0.25) is 4.99 Å². The summed E-state index contributed by atoms with van der Waals surface area (Å²) in [5.74, 6) is 1.01. The van der Waals surface area contributed by atoms with Gasteiger partial charge in [0.25, 0.3) is 0 Å². The van der Waals surface area contributed by atoms with Crippen LogP contribution in [0.15, 0.2) is 23.2 Å². The van der Waals surface area contributed by atoms with Gasteiger partial charge in [0.05, 0.1) is 0 Å². The summed E-state index contributed by atoms with van der Waals surface area (Å²) in [7, 11) is 8.09. The molecule has 18 heavy (non-hydrogen) atoms. The van der Waals surface area contributed by atoms with Gasteiger partial charge in [0.2, 0.25) is 0 Å². The first-order chi connectivity index (χ1) is 8.40. The quantitative estimate of drug-likeness (QED) is 0.603. The maximum Gasteiger partial charge on any atom is 0.195 e. The zero-order valence-electron chi connectivity index (χ0n) is 12.5.